The second-order valence-electron chi connectivity index (χ2n) is 10.8. The number of anilines is 1. The van der Waals surface area contributed by atoms with Crippen molar-refractivity contribution in [1.82, 2.24) is 34.5 Å². The van der Waals surface area contributed by atoms with Crippen LogP contribution < -0.4 is 16.2 Å². The molecule has 234 valence electrons. The number of nitrogens with zero attached hydrogens (tertiary/aromatic N) is 6. The van der Waals surface area contributed by atoms with Gasteiger partial charge in [0, 0.05) is 51.6 Å². The summed E-state index contributed by atoms with van der Waals surface area (Å²) >= 11 is 0. The number of carbonyl (C=O) groups excluding carboxylic acids is 1. The Morgan fingerprint density at radius 2 is 1.87 bits per heavy atom. The fourth-order valence-electron chi connectivity index (χ4n) is 5.47. The van der Waals surface area contributed by atoms with Crippen LogP contribution in [0, 0.1) is 18.6 Å². The molecule has 12 nitrogen and oxygen atoms in total. The molecular formula is C31H32F2N8O4. The number of urea groups is 1. The van der Waals surface area contributed by atoms with E-state index in [4.69, 9.17) is 14.7 Å². The molecule has 4 heterocycles. The molecule has 5 aromatic rings. The van der Waals surface area contributed by atoms with Gasteiger partial charge in [0.25, 0.3) is 5.56 Å². The van der Waals surface area contributed by atoms with Gasteiger partial charge in [-0.3, -0.25) is 24.3 Å². The number of pyridine rings is 1. The molecule has 2 atom stereocenters. The zero-order valence-electron chi connectivity index (χ0n) is 25.1. The molecule has 14 heteroatoms. The van der Waals surface area contributed by atoms with Crippen molar-refractivity contribution in [2.45, 2.75) is 19.1 Å². The molecule has 0 radical (unpaired) electrons. The van der Waals surface area contributed by atoms with Gasteiger partial charge in [0.15, 0.2) is 17.3 Å². The highest BCUT2D eigenvalue weighted by atomic mass is 19.2. The summed E-state index contributed by atoms with van der Waals surface area (Å²) in [5.41, 5.74) is 3.21. The number of aryl methyl sites for hydroxylation is 1. The highest BCUT2D eigenvalue weighted by Gasteiger charge is 2.37. The van der Waals surface area contributed by atoms with Crippen molar-refractivity contribution in [1.29, 1.82) is 0 Å². The largest absolute Gasteiger partial charge is 0.383 e. The Hall–Kier alpha value is -4.92. The normalized spacial score (nSPS) is 16.8. The molecule has 0 aliphatic carbocycles. The lowest BCUT2D eigenvalue weighted by molar-refractivity contribution is -0.154. The lowest BCUT2D eigenvalue weighted by atomic mass is 10.0. The van der Waals surface area contributed by atoms with Crippen LogP contribution in [0.4, 0.5) is 19.4 Å². The maximum atomic E-state index is 14.1. The van der Waals surface area contributed by atoms with Gasteiger partial charge < -0.3 is 10.1 Å². The molecule has 1 aliphatic rings. The molecule has 1 fully saturated rings. The summed E-state index contributed by atoms with van der Waals surface area (Å²) < 4.78 is 37.7. The van der Waals surface area contributed by atoms with Crippen molar-refractivity contribution in [3.63, 3.8) is 0 Å². The summed E-state index contributed by atoms with van der Waals surface area (Å²) in [5.74, 6) is -1.59. The lowest BCUT2D eigenvalue weighted by Crippen LogP contribution is -2.42. The van der Waals surface area contributed by atoms with Gasteiger partial charge in [0.1, 0.15) is 11.9 Å². The molecule has 0 unspecified atom stereocenters. The summed E-state index contributed by atoms with van der Waals surface area (Å²) in [6.07, 6.45) is 0.873. The minimum atomic E-state index is -1.01. The van der Waals surface area contributed by atoms with Gasteiger partial charge in [-0.1, -0.05) is 24.3 Å². The highest BCUT2D eigenvalue weighted by molar-refractivity contribution is 5.91. The number of ether oxygens (including phenoxy) is 1. The first-order valence-electron chi connectivity index (χ1n) is 14.3. The van der Waals surface area contributed by atoms with Crippen LogP contribution >= 0.6 is 0 Å². The Labute approximate surface area is 256 Å². The second kappa shape index (κ2) is 12.2. The van der Waals surface area contributed by atoms with E-state index in [2.05, 4.69) is 15.6 Å². The number of hydrogen-bond acceptors (Lipinski definition) is 7. The van der Waals surface area contributed by atoms with E-state index in [1.165, 1.54) is 10.7 Å². The number of nitrogens with one attached hydrogen (secondary N) is 2. The molecule has 0 spiro atoms. The van der Waals surface area contributed by atoms with Crippen LogP contribution in [0.5, 0.6) is 0 Å². The van der Waals surface area contributed by atoms with Crippen LogP contribution in [0.1, 0.15) is 17.2 Å². The number of benzene rings is 2. The minimum absolute atomic E-state index is 0.186. The molecule has 45 heavy (non-hydrogen) atoms. The van der Waals surface area contributed by atoms with Crippen molar-refractivity contribution in [3.05, 3.63) is 93.9 Å². The van der Waals surface area contributed by atoms with E-state index in [9.17, 15) is 18.4 Å². The highest BCUT2D eigenvalue weighted by Crippen LogP contribution is 2.33. The fraction of sp³-hybridized carbons (Fsp3) is 0.290. The maximum absolute atomic E-state index is 14.1. The Morgan fingerprint density at radius 3 is 2.60 bits per heavy atom. The summed E-state index contributed by atoms with van der Waals surface area (Å²) in [6, 6.07) is 13.4. The second-order valence-corrected chi connectivity index (χ2v) is 10.8. The third-order valence-electron chi connectivity index (χ3n) is 7.94. The third kappa shape index (κ3) is 5.70. The topological polar surface area (TPSA) is 120 Å². The predicted octanol–water partition coefficient (Wildman–Crippen LogP) is 3.84. The number of halogens is 2. The summed E-state index contributed by atoms with van der Waals surface area (Å²) in [4.78, 5) is 36.9. The van der Waals surface area contributed by atoms with E-state index in [0.717, 1.165) is 12.1 Å². The monoisotopic (exact) mass is 618 g/mol. The van der Waals surface area contributed by atoms with E-state index in [0.29, 0.717) is 58.1 Å². The van der Waals surface area contributed by atoms with Crippen LogP contribution in [0.15, 0.2) is 65.6 Å². The van der Waals surface area contributed by atoms with Crippen molar-refractivity contribution in [3.8, 4) is 16.9 Å². The molecule has 1 aliphatic heterocycles. The molecule has 3 aromatic heterocycles. The quantitative estimate of drug-likeness (QED) is 0.271. The third-order valence-corrected chi connectivity index (χ3v) is 7.94. The molecule has 0 bridgehead atoms. The number of carbonyl (C=O) groups is 1. The first-order chi connectivity index (χ1) is 21.7. The SMILES string of the molecule is COCCN1C[C@@H](NC(=O)Nc2c(C)c(-c3cnc4c(c3)c(=O)n(C)n4C)nn2-c2ccccc2)[C@H](c2ccc(F)c(F)c2)O1. The number of rotatable bonds is 8. The lowest BCUT2D eigenvalue weighted by Gasteiger charge is -2.20. The molecular weight excluding hydrogens is 586 g/mol. The Balaban J connectivity index is 1.33. The van der Waals surface area contributed by atoms with Gasteiger partial charge in [-0.15, -0.1) is 0 Å². The smallest absolute Gasteiger partial charge is 0.320 e. The fourth-order valence-corrected chi connectivity index (χ4v) is 5.47. The number of amides is 2. The average Bonchev–Trinajstić information content (AvgIpc) is 3.66. The van der Waals surface area contributed by atoms with E-state index in [-0.39, 0.29) is 12.1 Å². The van der Waals surface area contributed by atoms with Crippen LogP contribution in [0.25, 0.3) is 28.0 Å². The van der Waals surface area contributed by atoms with Gasteiger partial charge in [-0.05, 0) is 42.8 Å². The van der Waals surface area contributed by atoms with Crippen LogP contribution in [-0.4, -0.2) is 68.1 Å². The Kier molecular flexibility index (Phi) is 8.18. The standard InChI is InChI=1S/C31H32F2N8O4/c1-18-26(20-14-22-29(34-16-20)38(2)39(3)30(22)42)37-41(21-8-6-5-7-9-21)28(18)36-31(43)35-25-17-40(12-13-44-4)45-27(25)19-10-11-23(32)24(33)15-19/h5-11,14-16,25,27H,12-13,17H2,1-4H3,(H2,35,36,43)/t25-,27+/m1/s1. The van der Waals surface area contributed by atoms with Crippen molar-refractivity contribution >= 4 is 22.9 Å². The minimum Gasteiger partial charge on any atom is -0.383 e. The zero-order chi connectivity index (χ0) is 31.8. The zero-order valence-corrected chi connectivity index (χ0v) is 25.1. The molecule has 0 saturated carbocycles. The number of hydrogen-bond donors (Lipinski definition) is 2. The van der Waals surface area contributed by atoms with Crippen LogP contribution in [0.3, 0.4) is 0 Å². The van der Waals surface area contributed by atoms with Crippen molar-refractivity contribution < 1.29 is 23.1 Å². The Morgan fingerprint density at radius 1 is 1.09 bits per heavy atom. The van der Waals surface area contributed by atoms with E-state index in [1.807, 2.05) is 37.3 Å². The maximum Gasteiger partial charge on any atom is 0.320 e. The first kappa shape index (κ1) is 30.1. The van der Waals surface area contributed by atoms with Crippen molar-refractivity contribution in [2.75, 3.05) is 32.1 Å². The number of hydroxylamine groups is 2. The molecule has 1 saturated heterocycles. The summed E-state index contributed by atoms with van der Waals surface area (Å²) in [7, 11) is 4.99. The van der Waals surface area contributed by atoms with E-state index in [1.54, 1.807) is 47.9 Å². The molecule has 6 rings (SSSR count). The number of fused-ring (bicyclic) bond motifs is 1. The molecule has 2 aromatic carbocycles. The molecule has 2 N–H and O–H groups in total. The van der Waals surface area contributed by atoms with Gasteiger partial charge in [0.05, 0.1) is 29.4 Å². The first-order valence-corrected chi connectivity index (χ1v) is 14.3. The van der Waals surface area contributed by atoms with E-state index < -0.39 is 29.8 Å². The van der Waals surface area contributed by atoms with Gasteiger partial charge in [-0.2, -0.15) is 10.2 Å². The van der Waals surface area contributed by atoms with Gasteiger partial charge >= 0.3 is 6.03 Å². The van der Waals surface area contributed by atoms with Gasteiger partial charge in [-0.25, -0.2) is 23.2 Å². The predicted molar refractivity (Wildman–Crippen MR) is 163 cm³/mol. The van der Waals surface area contributed by atoms with Gasteiger partial charge in [0.2, 0.25) is 0 Å². The number of methoxy groups -OCH3 is 1. The number of aromatic nitrogens is 5. The Bertz CT molecular complexity index is 1940. The van der Waals surface area contributed by atoms with Crippen LogP contribution in [-0.2, 0) is 23.7 Å². The number of para-hydroxylation sites is 1. The molecule has 2 amide bonds. The van der Waals surface area contributed by atoms with E-state index >= 15 is 0 Å². The van der Waals surface area contributed by atoms with Crippen LogP contribution in [0.2, 0.25) is 0 Å². The summed E-state index contributed by atoms with van der Waals surface area (Å²) in [6.45, 7) is 2.88. The average molecular weight is 619 g/mol. The van der Waals surface area contributed by atoms with Crippen molar-refractivity contribution in [2.24, 2.45) is 14.1 Å². The summed E-state index contributed by atoms with van der Waals surface area (Å²) in [5, 5.41) is 12.8.